The van der Waals surface area contributed by atoms with Gasteiger partial charge in [0.15, 0.2) is 0 Å². The van der Waals surface area contributed by atoms with Crippen LogP contribution in [0.4, 0.5) is 0 Å². The SMILES string of the molecule is CCCc1cc(SCC2(CC(=O)O)CC2)ncn1. The average molecular weight is 266 g/mol. The monoisotopic (exact) mass is 266 g/mol. The van der Waals surface area contributed by atoms with E-state index in [1.165, 1.54) is 0 Å². The minimum Gasteiger partial charge on any atom is -0.481 e. The van der Waals surface area contributed by atoms with Gasteiger partial charge in [-0.05, 0) is 30.7 Å². The van der Waals surface area contributed by atoms with Gasteiger partial charge in [-0.15, -0.1) is 11.8 Å². The fourth-order valence-corrected chi connectivity index (χ4v) is 3.13. The second-order valence-electron chi connectivity index (χ2n) is 4.96. The Kier molecular flexibility index (Phi) is 4.22. The molecule has 1 heterocycles. The van der Waals surface area contributed by atoms with E-state index in [0.29, 0.717) is 0 Å². The third kappa shape index (κ3) is 3.70. The summed E-state index contributed by atoms with van der Waals surface area (Å²) in [7, 11) is 0. The van der Waals surface area contributed by atoms with Crippen LogP contribution in [0.5, 0.6) is 0 Å². The fraction of sp³-hybridized carbons (Fsp3) is 0.615. The maximum absolute atomic E-state index is 10.8. The van der Waals surface area contributed by atoms with Crippen molar-refractivity contribution in [1.82, 2.24) is 9.97 Å². The summed E-state index contributed by atoms with van der Waals surface area (Å²) in [5.41, 5.74) is 1.09. The minimum absolute atomic E-state index is 0.0202. The summed E-state index contributed by atoms with van der Waals surface area (Å²) in [4.78, 5) is 19.2. The van der Waals surface area contributed by atoms with Crippen molar-refractivity contribution in [2.45, 2.75) is 44.1 Å². The van der Waals surface area contributed by atoms with Crippen LogP contribution >= 0.6 is 11.8 Å². The van der Waals surface area contributed by atoms with E-state index in [9.17, 15) is 4.79 Å². The highest BCUT2D eigenvalue weighted by Gasteiger charge is 2.44. The molecule has 1 aliphatic rings. The summed E-state index contributed by atoms with van der Waals surface area (Å²) in [5.74, 6) is 0.157. The summed E-state index contributed by atoms with van der Waals surface area (Å²) in [6, 6.07) is 2.02. The van der Waals surface area contributed by atoms with E-state index in [1.54, 1.807) is 18.1 Å². The molecule has 18 heavy (non-hydrogen) atoms. The van der Waals surface area contributed by atoms with E-state index < -0.39 is 5.97 Å². The van der Waals surface area contributed by atoms with Crippen molar-refractivity contribution in [2.24, 2.45) is 5.41 Å². The fourth-order valence-electron chi connectivity index (χ4n) is 1.95. The molecule has 1 aromatic rings. The molecule has 0 spiro atoms. The predicted molar refractivity (Wildman–Crippen MR) is 70.7 cm³/mol. The molecular formula is C13H18N2O2S. The lowest BCUT2D eigenvalue weighted by Gasteiger charge is -2.11. The van der Waals surface area contributed by atoms with E-state index in [4.69, 9.17) is 5.11 Å². The van der Waals surface area contributed by atoms with Crippen molar-refractivity contribution < 1.29 is 9.90 Å². The van der Waals surface area contributed by atoms with Gasteiger partial charge >= 0.3 is 5.97 Å². The highest BCUT2D eigenvalue weighted by Crippen LogP contribution is 2.51. The summed E-state index contributed by atoms with van der Waals surface area (Å²) in [6.45, 7) is 2.13. The van der Waals surface area contributed by atoms with Gasteiger partial charge in [-0.25, -0.2) is 9.97 Å². The Bertz CT molecular complexity index is 433. The number of rotatable bonds is 7. The van der Waals surface area contributed by atoms with Crippen LogP contribution in [0.3, 0.4) is 0 Å². The smallest absolute Gasteiger partial charge is 0.303 e. The molecule has 2 rings (SSSR count). The first kappa shape index (κ1) is 13.3. The number of aliphatic carboxylic acids is 1. The van der Waals surface area contributed by atoms with Crippen LogP contribution in [0.1, 0.15) is 38.3 Å². The van der Waals surface area contributed by atoms with E-state index in [0.717, 1.165) is 42.2 Å². The zero-order valence-electron chi connectivity index (χ0n) is 10.6. The molecular weight excluding hydrogens is 248 g/mol. The number of carboxylic acids is 1. The van der Waals surface area contributed by atoms with Crippen molar-refractivity contribution in [1.29, 1.82) is 0 Å². The van der Waals surface area contributed by atoms with Gasteiger partial charge < -0.3 is 5.11 Å². The lowest BCUT2D eigenvalue weighted by Crippen LogP contribution is -2.11. The first-order valence-electron chi connectivity index (χ1n) is 6.29. The van der Waals surface area contributed by atoms with Gasteiger partial charge in [0.1, 0.15) is 6.33 Å². The van der Waals surface area contributed by atoms with E-state index in [1.807, 2.05) is 6.07 Å². The number of carboxylic acid groups (broad SMARTS) is 1. The number of nitrogens with zero attached hydrogens (tertiary/aromatic N) is 2. The third-order valence-electron chi connectivity index (χ3n) is 3.21. The first-order valence-corrected chi connectivity index (χ1v) is 7.28. The number of carbonyl (C=O) groups is 1. The molecule has 0 aromatic carbocycles. The molecule has 1 fully saturated rings. The van der Waals surface area contributed by atoms with Gasteiger partial charge in [0, 0.05) is 11.4 Å². The summed E-state index contributed by atoms with van der Waals surface area (Å²) < 4.78 is 0. The van der Waals surface area contributed by atoms with Crippen molar-refractivity contribution in [3.63, 3.8) is 0 Å². The topological polar surface area (TPSA) is 63.1 Å². The molecule has 0 bridgehead atoms. The van der Waals surface area contributed by atoms with Crippen molar-refractivity contribution in [3.8, 4) is 0 Å². The molecule has 1 N–H and O–H groups in total. The number of thioether (sulfide) groups is 1. The van der Waals surface area contributed by atoms with Crippen LogP contribution in [0.25, 0.3) is 0 Å². The van der Waals surface area contributed by atoms with Crippen LogP contribution in [0.2, 0.25) is 0 Å². The van der Waals surface area contributed by atoms with Gasteiger partial charge in [-0.2, -0.15) is 0 Å². The van der Waals surface area contributed by atoms with Crippen LogP contribution in [-0.4, -0.2) is 26.8 Å². The zero-order chi connectivity index (χ0) is 13.0. The molecule has 98 valence electrons. The Hall–Kier alpha value is -1.10. The normalized spacial score (nSPS) is 16.5. The van der Waals surface area contributed by atoms with Gasteiger partial charge in [0.25, 0.3) is 0 Å². The predicted octanol–water partition coefficient (Wildman–Crippen LogP) is 2.78. The molecule has 0 radical (unpaired) electrons. The number of aromatic nitrogens is 2. The lowest BCUT2D eigenvalue weighted by atomic mass is 10.1. The van der Waals surface area contributed by atoms with Gasteiger partial charge in [0.2, 0.25) is 0 Å². The second-order valence-corrected chi connectivity index (χ2v) is 5.95. The quantitative estimate of drug-likeness (QED) is 0.607. The second kappa shape index (κ2) is 5.69. The van der Waals surface area contributed by atoms with Gasteiger partial charge in [-0.1, -0.05) is 13.3 Å². The number of hydrogen-bond acceptors (Lipinski definition) is 4. The Morgan fingerprint density at radius 1 is 1.50 bits per heavy atom. The molecule has 0 saturated heterocycles. The van der Waals surface area contributed by atoms with Gasteiger partial charge in [-0.3, -0.25) is 4.79 Å². The summed E-state index contributed by atoms with van der Waals surface area (Å²) >= 11 is 1.66. The Labute approximate surface area is 111 Å². The number of hydrogen-bond donors (Lipinski definition) is 1. The van der Waals surface area contributed by atoms with Crippen LogP contribution < -0.4 is 0 Å². The van der Waals surface area contributed by atoms with E-state index in [-0.39, 0.29) is 11.8 Å². The molecule has 1 aromatic heterocycles. The zero-order valence-corrected chi connectivity index (χ0v) is 11.4. The Morgan fingerprint density at radius 3 is 2.89 bits per heavy atom. The lowest BCUT2D eigenvalue weighted by molar-refractivity contribution is -0.138. The molecule has 0 aliphatic heterocycles. The van der Waals surface area contributed by atoms with E-state index in [2.05, 4.69) is 16.9 Å². The standard InChI is InChI=1S/C13H18N2O2S/c1-2-3-10-6-11(15-9-14-10)18-8-13(4-5-13)7-12(16)17/h6,9H,2-5,7-8H2,1H3,(H,16,17). The van der Waals surface area contributed by atoms with E-state index >= 15 is 0 Å². The summed E-state index contributed by atoms with van der Waals surface area (Å²) in [6.07, 6.45) is 5.98. The maximum Gasteiger partial charge on any atom is 0.303 e. The minimum atomic E-state index is -0.692. The third-order valence-corrected chi connectivity index (χ3v) is 4.49. The highest BCUT2D eigenvalue weighted by molar-refractivity contribution is 7.99. The molecule has 1 aliphatic carbocycles. The van der Waals surface area contributed by atoms with Crippen molar-refractivity contribution in [3.05, 3.63) is 18.1 Å². The first-order chi connectivity index (χ1) is 8.63. The maximum atomic E-state index is 10.8. The molecule has 4 nitrogen and oxygen atoms in total. The van der Waals surface area contributed by atoms with Crippen LogP contribution in [0, 0.1) is 5.41 Å². The van der Waals surface area contributed by atoms with Gasteiger partial charge in [0.05, 0.1) is 11.4 Å². The molecule has 1 saturated carbocycles. The average Bonchev–Trinajstić information content (AvgIpc) is 3.07. The summed E-state index contributed by atoms with van der Waals surface area (Å²) in [5, 5.41) is 9.83. The van der Waals surface area contributed by atoms with Crippen LogP contribution in [-0.2, 0) is 11.2 Å². The Balaban J connectivity index is 1.90. The molecule has 5 heteroatoms. The molecule has 0 unspecified atom stereocenters. The number of aryl methyl sites for hydroxylation is 1. The molecule has 0 atom stereocenters. The van der Waals surface area contributed by atoms with Crippen LogP contribution in [0.15, 0.2) is 17.4 Å². The Morgan fingerprint density at radius 2 is 2.28 bits per heavy atom. The van der Waals surface area contributed by atoms with Crippen molar-refractivity contribution >= 4 is 17.7 Å². The highest BCUT2D eigenvalue weighted by atomic mass is 32.2. The van der Waals surface area contributed by atoms with Crippen molar-refractivity contribution in [2.75, 3.05) is 5.75 Å². The largest absolute Gasteiger partial charge is 0.481 e. The molecule has 0 amide bonds.